The van der Waals surface area contributed by atoms with E-state index in [2.05, 4.69) is 52.4 Å². The van der Waals surface area contributed by atoms with Crippen LogP contribution in [0, 0.1) is 23.2 Å². The van der Waals surface area contributed by atoms with Crippen LogP contribution in [-0.4, -0.2) is 36.1 Å². The number of carbonyl (C=O) groups is 3. The molecule has 1 aliphatic rings. The summed E-state index contributed by atoms with van der Waals surface area (Å²) < 4.78 is 0. The molecule has 0 heterocycles. The summed E-state index contributed by atoms with van der Waals surface area (Å²) in [4.78, 5) is 38.9. The maximum atomic E-state index is 13.2. The van der Waals surface area contributed by atoms with Crippen molar-refractivity contribution >= 4 is 18.1 Å². The van der Waals surface area contributed by atoms with Crippen LogP contribution < -0.4 is 5.32 Å². The number of aldehydes is 1. The molecule has 0 aromatic rings. The van der Waals surface area contributed by atoms with E-state index >= 15 is 0 Å². The lowest BCUT2D eigenvalue weighted by Gasteiger charge is -2.34. The third kappa shape index (κ3) is 9.67. The predicted octanol–water partition coefficient (Wildman–Crippen LogP) is 5.93. The van der Waals surface area contributed by atoms with E-state index in [0.29, 0.717) is 31.4 Å². The number of allylic oxidation sites excluding steroid dienone is 7. The van der Waals surface area contributed by atoms with Gasteiger partial charge in [0.25, 0.3) is 0 Å². The highest BCUT2D eigenvalue weighted by molar-refractivity contribution is 5.86. The molecule has 0 aromatic carbocycles. The Morgan fingerprint density at radius 1 is 1.00 bits per heavy atom. The molecule has 0 saturated heterocycles. The Morgan fingerprint density at radius 2 is 1.57 bits per heavy atom. The van der Waals surface area contributed by atoms with E-state index in [1.54, 1.807) is 13.1 Å². The van der Waals surface area contributed by atoms with Gasteiger partial charge in [0, 0.05) is 36.5 Å². The van der Waals surface area contributed by atoms with Crippen LogP contribution in [0.3, 0.4) is 0 Å². The molecule has 1 fully saturated rings. The smallest absolute Gasteiger partial charge is 0.230 e. The fourth-order valence-electron chi connectivity index (χ4n) is 3.88. The Hall–Kier alpha value is -2.95. The lowest BCUT2D eigenvalue weighted by molar-refractivity contribution is -0.140. The summed E-state index contributed by atoms with van der Waals surface area (Å²) in [7, 11) is 1.65. The Labute approximate surface area is 212 Å². The van der Waals surface area contributed by atoms with Gasteiger partial charge in [0.1, 0.15) is 6.29 Å². The summed E-state index contributed by atoms with van der Waals surface area (Å²) in [6.45, 7) is 26.4. The summed E-state index contributed by atoms with van der Waals surface area (Å²) in [6.07, 6.45) is 10.4. The maximum absolute atomic E-state index is 13.2. The molecule has 1 saturated carbocycles. The van der Waals surface area contributed by atoms with Crippen molar-refractivity contribution < 1.29 is 14.4 Å². The van der Waals surface area contributed by atoms with E-state index in [1.165, 1.54) is 4.90 Å². The van der Waals surface area contributed by atoms with Crippen LogP contribution in [0.15, 0.2) is 73.0 Å². The van der Waals surface area contributed by atoms with Gasteiger partial charge < -0.3 is 15.0 Å². The van der Waals surface area contributed by atoms with E-state index in [-0.39, 0.29) is 29.2 Å². The van der Waals surface area contributed by atoms with Gasteiger partial charge in [-0.05, 0) is 56.6 Å². The van der Waals surface area contributed by atoms with Crippen molar-refractivity contribution in [2.45, 2.75) is 66.3 Å². The van der Waals surface area contributed by atoms with Crippen molar-refractivity contribution in [3.63, 3.8) is 0 Å². The van der Waals surface area contributed by atoms with Crippen molar-refractivity contribution in [2.24, 2.45) is 23.2 Å². The molecule has 2 amide bonds. The highest BCUT2D eigenvalue weighted by Crippen LogP contribution is 2.35. The van der Waals surface area contributed by atoms with Gasteiger partial charge in [-0.3, -0.25) is 9.59 Å². The lowest BCUT2D eigenvalue weighted by atomic mass is 9.73. The van der Waals surface area contributed by atoms with Crippen molar-refractivity contribution in [3.8, 4) is 0 Å². The second kappa shape index (κ2) is 13.2. The Bertz CT molecular complexity index is 914. The normalized spacial score (nSPS) is 20.6. The second-order valence-corrected chi connectivity index (χ2v) is 10.9. The SMILES string of the molecule is C=C(/C=C\C(=C)N(C)C(=O)C1CC(C(=O)NC(C)C)CCC1C=O)CC(=C)/C=C\C(=C)C(C)(C)C. The maximum Gasteiger partial charge on any atom is 0.230 e. The molecule has 35 heavy (non-hydrogen) atoms. The van der Waals surface area contributed by atoms with E-state index in [1.807, 2.05) is 32.1 Å². The highest BCUT2D eigenvalue weighted by atomic mass is 16.2. The van der Waals surface area contributed by atoms with Gasteiger partial charge >= 0.3 is 0 Å². The van der Waals surface area contributed by atoms with Crippen molar-refractivity contribution in [2.75, 3.05) is 7.05 Å². The fraction of sp³-hybridized carbons (Fsp3) is 0.500. The monoisotopic (exact) mass is 480 g/mol. The van der Waals surface area contributed by atoms with Crippen LogP contribution in [0.4, 0.5) is 0 Å². The molecule has 5 nitrogen and oxygen atoms in total. The van der Waals surface area contributed by atoms with Crippen molar-refractivity contribution in [1.29, 1.82) is 0 Å². The molecule has 5 heteroatoms. The van der Waals surface area contributed by atoms with Gasteiger partial charge in [-0.1, -0.05) is 76.5 Å². The van der Waals surface area contributed by atoms with Crippen molar-refractivity contribution in [1.82, 2.24) is 10.2 Å². The largest absolute Gasteiger partial charge is 0.354 e. The number of hydrogen-bond donors (Lipinski definition) is 1. The van der Waals surface area contributed by atoms with Crippen LogP contribution >= 0.6 is 0 Å². The average Bonchev–Trinajstić information content (AvgIpc) is 2.78. The summed E-state index contributed by atoms with van der Waals surface area (Å²) in [5.74, 6) is -1.45. The zero-order valence-corrected chi connectivity index (χ0v) is 22.5. The fourth-order valence-corrected chi connectivity index (χ4v) is 3.88. The molecule has 0 radical (unpaired) electrons. The second-order valence-electron chi connectivity index (χ2n) is 10.9. The standard InChI is InChI=1S/C30H44N2O3/c1-20(2)31-28(34)25-15-16-26(19-33)27(18-25)29(35)32(10)24(6)14-12-22(4)17-21(3)11-13-23(5)30(7,8)9/h11-14,19-20,25-27H,3-6,15-18H2,1-2,7-10H3,(H,31,34)/b13-11-,14-12-. The average molecular weight is 481 g/mol. The molecule has 3 unspecified atom stereocenters. The van der Waals surface area contributed by atoms with Crippen LogP contribution in [0.1, 0.15) is 60.3 Å². The molecule has 192 valence electrons. The molecule has 0 aliphatic heterocycles. The third-order valence-electron chi connectivity index (χ3n) is 6.41. The van der Waals surface area contributed by atoms with Gasteiger partial charge in [0.05, 0.1) is 0 Å². The summed E-state index contributed by atoms with van der Waals surface area (Å²) in [5.41, 5.74) is 3.26. The summed E-state index contributed by atoms with van der Waals surface area (Å²) >= 11 is 0. The first-order valence-corrected chi connectivity index (χ1v) is 12.3. The first-order valence-electron chi connectivity index (χ1n) is 12.3. The topological polar surface area (TPSA) is 66.5 Å². The van der Waals surface area contributed by atoms with E-state index < -0.39 is 11.8 Å². The number of rotatable bonds is 11. The molecule has 3 atom stereocenters. The molecular formula is C30H44N2O3. The molecular weight excluding hydrogens is 436 g/mol. The number of nitrogens with zero attached hydrogens (tertiary/aromatic N) is 1. The first-order chi connectivity index (χ1) is 16.2. The number of nitrogens with one attached hydrogen (secondary N) is 1. The summed E-state index contributed by atoms with van der Waals surface area (Å²) in [6, 6.07) is 0.0324. The lowest BCUT2D eigenvalue weighted by Crippen LogP contribution is -2.44. The van der Waals surface area contributed by atoms with E-state index in [4.69, 9.17) is 0 Å². The first kappa shape index (κ1) is 30.1. The van der Waals surface area contributed by atoms with Gasteiger partial charge in [0.2, 0.25) is 11.8 Å². The number of hydrogen-bond acceptors (Lipinski definition) is 3. The molecule has 1 rings (SSSR count). The van der Waals surface area contributed by atoms with Gasteiger partial charge in [-0.25, -0.2) is 0 Å². The quantitative estimate of drug-likeness (QED) is 0.294. The number of likely N-dealkylation sites (N-methyl/N-ethyl adjacent to an activating group) is 1. The Morgan fingerprint density at radius 3 is 2.09 bits per heavy atom. The zero-order valence-electron chi connectivity index (χ0n) is 22.5. The van der Waals surface area contributed by atoms with Gasteiger partial charge in [-0.2, -0.15) is 0 Å². The van der Waals surface area contributed by atoms with E-state index in [9.17, 15) is 14.4 Å². The molecule has 0 spiro atoms. The van der Waals surface area contributed by atoms with Crippen LogP contribution in [0.2, 0.25) is 0 Å². The molecule has 0 aromatic heterocycles. The Kier molecular flexibility index (Phi) is 11.4. The van der Waals surface area contributed by atoms with Gasteiger partial charge in [-0.15, -0.1) is 0 Å². The highest BCUT2D eigenvalue weighted by Gasteiger charge is 2.39. The van der Waals surface area contributed by atoms with Crippen LogP contribution in [0.5, 0.6) is 0 Å². The van der Waals surface area contributed by atoms with Crippen molar-refractivity contribution in [3.05, 3.63) is 73.0 Å². The molecule has 1 aliphatic carbocycles. The minimum absolute atomic E-state index is 0.00197. The van der Waals surface area contributed by atoms with E-state index in [0.717, 1.165) is 23.0 Å². The number of amides is 2. The van der Waals surface area contributed by atoms with Crippen LogP contribution in [0.25, 0.3) is 0 Å². The Balaban J connectivity index is 2.76. The van der Waals surface area contributed by atoms with Gasteiger partial charge in [0.15, 0.2) is 0 Å². The molecule has 0 bridgehead atoms. The third-order valence-corrected chi connectivity index (χ3v) is 6.41. The minimum Gasteiger partial charge on any atom is -0.354 e. The minimum atomic E-state index is -0.539. The summed E-state index contributed by atoms with van der Waals surface area (Å²) in [5, 5.41) is 2.92. The molecule has 1 N–H and O–H groups in total. The number of carbonyl (C=O) groups excluding carboxylic acids is 3. The van der Waals surface area contributed by atoms with Crippen LogP contribution in [-0.2, 0) is 14.4 Å². The predicted molar refractivity (Wildman–Crippen MR) is 145 cm³/mol. The zero-order chi connectivity index (χ0) is 26.9.